The van der Waals surface area contributed by atoms with Crippen molar-refractivity contribution >= 4 is 17.3 Å². The number of rotatable bonds is 5. The van der Waals surface area contributed by atoms with Crippen molar-refractivity contribution in [3.8, 4) is 0 Å². The Balaban J connectivity index is 1.54. The van der Waals surface area contributed by atoms with Crippen molar-refractivity contribution in [2.45, 2.75) is 37.8 Å². The number of hydrogen-bond acceptors (Lipinski definition) is 4. The van der Waals surface area contributed by atoms with Gasteiger partial charge in [-0.15, -0.1) is 0 Å². The molecule has 1 saturated carbocycles. The van der Waals surface area contributed by atoms with Gasteiger partial charge in [0.15, 0.2) is 0 Å². The van der Waals surface area contributed by atoms with Gasteiger partial charge in [0, 0.05) is 17.7 Å². The van der Waals surface area contributed by atoms with E-state index in [0.29, 0.717) is 17.3 Å². The predicted octanol–water partition coefficient (Wildman–Crippen LogP) is 3.59. The normalized spacial score (nSPS) is 18.5. The second-order valence-corrected chi connectivity index (χ2v) is 6.67. The van der Waals surface area contributed by atoms with Crippen LogP contribution in [0.2, 0.25) is 0 Å². The molecule has 1 unspecified atom stereocenters. The standard InChI is InChI=1S/C19H19N3O3/c23-19(21-16-9-5-12-3-1-2-4-15(12)16)13-6-10-17(20-14-7-8-14)18(11-13)22(24)25/h1-4,6,10-11,14,16,20H,5,7-9H2,(H,21,23). The Morgan fingerprint density at radius 2 is 1.92 bits per heavy atom. The van der Waals surface area contributed by atoms with Crippen LogP contribution in [0, 0.1) is 10.1 Å². The highest BCUT2D eigenvalue weighted by Gasteiger charge is 2.27. The van der Waals surface area contributed by atoms with Crippen LogP contribution in [0.25, 0.3) is 0 Å². The Kier molecular flexibility index (Phi) is 3.87. The number of anilines is 1. The van der Waals surface area contributed by atoms with Crippen molar-refractivity contribution in [1.82, 2.24) is 5.32 Å². The molecule has 25 heavy (non-hydrogen) atoms. The fourth-order valence-electron chi connectivity index (χ4n) is 3.34. The van der Waals surface area contributed by atoms with E-state index in [4.69, 9.17) is 0 Å². The van der Waals surface area contributed by atoms with Crippen molar-refractivity contribution < 1.29 is 9.72 Å². The van der Waals surface area contributed by atoms with Crippen LogP contribution in [-0.4, -0.2) is 16.9 Å². The molecule has 2 aromatic rings. The Hall–Kier alpha value is -2.89. The molecule has 0 bridgehead atoms. The van der Waals surface area contributed by atoms with Crippen LogP contribution in [0.15, 0.2) is 42.5 Å². The monoisotopic (exact) mass is 337 g/mol. The largest absolute Gasteiger partial charge is 0.377 e. The molecule has 2 N–H and O–H groups in total. The summed E-state index contributed by atoms with van der Waals surface area (Å²) >= 11 is 0. The molecule has 2 aliphatic carbocycles. The summed E-state index contributed by atoms with van der Waals surface area (Å²) in [5, 5.41) is 17.5. The van der Waals surface area contributed by atoms with Crippen LogP contribution >= 0.6 is 0 Å². The SMILES string of the molecule is O=C(NC1CCc2ccccc21)c1ccc(NC2CC2)c([N+](=O)[O-])c1. The molecule has 1 fully saturated rings. The van der Waals surface area contributed by atoms with Gasteiger partial charge in [0.05, 0.1) is 11.0 Å². The van der Waals surface area contributed by atoms with Crippen molar-refractivity contribution in [3.63, 3.8) is 0 Å². The molecule has 2 aliphatic rings. The van der Waals surface area contributed by atoms with E-state index in [1.165, 1.54) is 11.6 Å². The van der Waals surface area contributed by atoms with Gasteiger partial charge < -0.3 is 10.6 Å². The molecule has 0 saturated heterocycles. The van der Waals surface area contributed by atoms with Gasteiger partial charge >= 0.3 is 0 Å². The maximum absolute atomic E-state index is 12.6. The number of aryl methyl sites for hydroxylation is 1. The zero-order valence-corrected chi connectivity index (χ0v) is 13.7. The van der Waals surface area contributed by atoms with Gasteiger partial charge in [-0.3, -0.25) is 14.9 Å². The molecule has 4 rings (SSSR count). The number of amides is 1. The van der Waals surface area contributed by atoms with Gasteiger partial charge in [-0.05, 0) is 48.9 Å². The third-order valence-corrected chi connectivity index (χ3v) is 4.83. The number of nitro groups is 1. The topological polar surface area (TPSA) is 84.3 Å². The average Bonchev–Trinajstić information content (AvgIpc) is 3.34. The molecule has 2 aromatic carbocycles. The van der Waals surface area contributed by atoms with Gasteiger partial charge in [0.25, 0.3) is 11.6 Å². The lowest BCUT2D eigenvalue weighted by atomic mass is 10.1. The summed E-state index contributed by atoms with van der Waals surface area (Å²) in [7, 11) is 0. The maximum atomic E-state index is 12.6. The average molecular weight is 337 g/mol. The van der Waals surface area contributed by atoms with Gasteiger partial charge in [-0.25, -0.2) is 0 Å². The number of nitrogens with one attached hydrogen (secondary N) is 2. The number of carbonyl (C=O) groups excluding carboxylic acids is 1. The summed E-state index contributed by atoms with van der Waals surface area (Å²) in [6, 6.07) is 13.0. The summed E-state index contributed by atoms with van der Waals surface area (Å²) < 4.78 is 0. The molecule has 1 amide bonds. The number of nitrogens with zero attached hydrogens (tertiary/aromatic N) is 1. The smallest absolute Gasteiger partial charge is 0.293 e. The van der Waals surface area contributed by atoms with Crippen molar-refractivity contribution in [3.05, 3.63) is 69.3 Å². The summed E-state index contributed by atoms with van der Waals surface area (Å²) in [6.07, 6.45) is 3.85. The van der Waals surface area contributed by atoms with E-state index in [-0.39, 0.29) is 17.6 Å². The number of benzene rings is 2. The summed E-state index contributed by atoms with van der Waals surface area (Å²) in [4.78, 5) is 23.5. The highest BCUT2D eigenvalue weighted by Crippen LogP contribution is 2.33. The summed E-state index contributed by atoms with van der Waals surface area (Å²) in [6.45, 7) is 0. The molecule has 128 valence electrons. The quantitative estimate of drug-likeness (QED) is 0.645. The predicted molar refractivity (Wildman–Crippen MR) is 94.7 cm³/mol. The first kappa shape index (κ1) is 15.6. The summed E-state index contributed by atoms with van der Waals surface area (Å²) in [5.74, 6) is -0.275. The van der Waals surface area contributed by atoms with E-state index in [0.717, 1.165) is 31.2 Å². The third kappa shape index (κ3) is 3.20. The fraction of sp³-hybridized carbons (Fsp3) is 0.316. The number of nitro benzene ring substituents is 1. The number of hydrogen-bond donors (Lipinski definition) is 2. The van der Waals surface area contributed by atoms with Gasteiger partial charge in [-0.1, -0.05) is 24.3 Å². The van der Waals surface area contributed by atoms with E-state index in [9.17, 15) is 14.9 Å². The molecule has 0 aliphatic heterocycles. The van der Waals surface area contributed by atoms with Crippen LogP contribution in [-0.2, 0) is 6.42 Å². The van der Waals surface area contributed by atoms with Crippen LogP contribution in [0.3, 0.4) is 0 Å². The lowest BCUT2D eigenvalue weighted by Gasteiger charge is -2.14. The fourth-order valence-corrected chi connectivity index (χ4v) is 3.34. The Morgan fingerprint density at radius 1 is 1.12 bits per heavy atom. The number of fused-ring (bicyclic) bond motifs is 1. The second kappa shape index (κ2) is 6.20. The molecule has 0 spiro atoms. The van der Waals surface area contributed by atoms with E-state index in [1.54, 1.807) is 12.1 Å². The first-order valence-corrected chi connectivity index (χ1v) is 8.55. The van der Waals surface area contributed by atoms with Gasteiger partial charge in [0.1, 0.15) is 5.69 Å². The second-order valence-electron chi connectivity index (χ2n) is 6.67. The van der Waals surface area contributed by atoms with E-state index >= 15 is 0 Å². The molecule has 0 aromatic heterocycles. The Morgan fingerprint density at radius 3 is 2.68 bits per heavy atom. The number of carbonyl (C=O) groups is 1. The first-order chi connectivity index (χ1) is 12.1. The van der Waals surface area contributed by atoms with Crippen LogP contribution in [0.1, 0.15) is 46.8 Å². The Bertz CT molecular complexity index is 846. The van der Waals surface area contributed by atoms with Crippen LogP contribution in [0.5, 0.6) is 0 Å². The molecule has 1 atom stereocenters. The zero-order valence-electron chi connectivity index (χ0n) is 13.7. The lowest BCUT2D eigenvalue weighted by Crippen LogP contribution is -2.27. The lowest BCUT2D eigenvalue weighted by molar-refractivity contribution is -0.384. The maximum Gasteiger partial charge on any atom is 0.293 e. The van der Waals surface area contributed by atoms with Crippen molar-refractivity contribution in [2.24, 2.45) is 0 Å². The molecule has 6 nitrogen and oxygen atoms in total. The van der Waals surface area contributed by atoms with E-state index in [2.05, 4.69) is 16.7 Å². The minimum absolute atomic E-state index is 0.0352. The van der Waals surface area contributed by atoms with Gasteiger partial charge in [-0.2, -0.15) is 0 Å². The van der Waals surface area contributed by atoms with Crippen molar-refractivity contribution in [2.75, 3.05) is 5.32 Å². The molecular weight excluding hydrogens is 318 g/mol. The minimum Gasteiger partial charge on any atom is -0.377 e. The minimum atomic E-state index is -0.438. The molecule has 6 heteroatoms. The Labute approximate surface area is 145 Å². The van der Waals surface area contributed by atoms with E-state index in [1.807, 2.05) is 18.2 Å². The van der Waals surface area contributed by atoms with Crippen molar-refractivity contribution in [1.29, 1.82) is 0 Å². The highest BCUT2D eigenvalue weighted by molar-refractivity contribution is 5.96. The zero-order chi connectivity index (χ0) is 17.4. The van der Waals surface area contributed by atoms with E-state index < -0.39 is 4.92 Å². The molecule has 0 heterocycles. The van der Waals surface area contributed by atoms with Crippen LogP contribution < -0.4 is 10.6 Å². The highest BCUT2D eigenvalue weighted by atomic mass is 16.6. The third-order valence-electron chi connectivity index (χ3n) is 4.83. The molecule has 0 radical (unpaired) electrons. The summed E-state index contributed by atoms with van der Waals surface area (Å²) in [5.41, 5.74) is 3.14. The van der Waals surface area contributed by atoms with Gasteiger partial charge in [0.2, 0.25) is 0 Å². The van der Waals surface area contributed by atoms with Crippen LogP contribution in [0.4, 0.5) is 11.4 Å². The molecular formula is C19H19N3O3. The first-order valence-electron chi connectivity index (χ1n) is 8.55.